The summed E-state index contributed by atoms with van der Waals surface area (Å²) in [5, 5.41) is 0.941. The number of aromatic nitrogens is 1. The fourth-order valence-corrected chi connectivity index (χ4v) is 3.81. The van der Waals surface area contributed by atoms with Crippen LogP contribution in [0.15, 0.2) is 65.1 Å². The summed E-state index contributed by atoms with van der Waals surface area (Å²) < 4.78 is 23.8. The highest BCUT2D eigenvalue weighted by Crippen LogP contribution is 2.40. The van der Waals surface area contributed by atoms with Gasteiger partial charge in [-0.2, -0.15) is 0 Å². The molecule has 0 atom stereocenters. The lowest BCUT2D eigenvalue weighted by Gasteiger charge is -2.09. The zero-order valence-corrected chi connectivity index (χ0v) is 17.7. The lowest BCUT2D eigenvalue weighted by atomic mass is 10.1. The summed E-state index contributed by atoms with van der Waals surface area (Å²) in [5.41, 5.74) is 2.81. The van der Waals surface area contributed by atoms with Crippen LogP contribution in [0.3, 0.4) is 0 Å². The summed E-state index contributed by atoms with van der Waals surface area (Å²) in [6.07, 6.45) is 5.05. The molecule has 4 aromatic rings. The van der Waals surface area contributed by atoms with Crippen LogP contribution in [0.1, 0.15) is 32.0 Å². The molecule has 0 spiro atoms. The topological polar surface area (TPSA) is 79.9 Å². The maximum absolute atomic E-state index is 13.0. The number of carbonyl (C=O) groups is 2. The Labute approximate surface area is 183 Å². The van der Waals surface area contributed by atoms with Crippen LogP contribution in [0.4, 0.5) is 0 Å². The molecule has 0 aliphatic carbocycles. The summed E-state index contributed by atoms with van der Waals surface area (Å²) in [6.45, 7) is 1.74. The molecule has 0 fully saturated rings. The minimum Gasteiger partial charge on any atom is -0.497 e. The van der Waals surface area contributed by atoms with Crippen LogP contribution < -0.4 is 14.2 Å². The van der Waals surface area contributed by atoms with Crippen molar-refractivity contribution in [2.45, 2.75) is 6.92 Å². The van der Waals surface area contributed by atoms with E-state index in [4.69, 9.17) is 18.6 Å². The Kier molecular flexibility index (Phi) is 4.59. The summed E-state index contributed by atoms with van der Waals surface area (Å²) in [4.78, 5) is 25.2. The fourth-order valence-electron chi connectivity index (χ4n) is 3.81. The van der Waals surface area contributed by atoms with Crippen molar-refractivity contribution in [3.05, 3.63) is 83.1 Å². The van der Waals surface area contributed by atoms with Crippen LogP contribution in [-0.2, 0) is 7.05 Å². The predicted molar refractivity (Wildman–Crippen MR) is 117 cm³/mol. The van der Waals surface area contributed by atoms with Gasteiger partial charge in [0.1, 0.15) is 17.2 Å². The van der Waals surface area contributed by atoms with Gasteiger partial charge in [0.15, 0.2) is 5.76 Å². The third-order valence-corrected chi connectivity index (χ3v) is 5.48. The Morgan fingerprint density at radius 2 is 2.00 bits per heavy atom. The number of aryl methyl sites for hydroxylation is 1. The molecule has 0 bridgehead atoms. The molecule has 5 rings (SSSR count). The van der Waals surface area contributed by atoms with Crippen LogP contribution >= 0.6 is 0 Å². The zero-order chi connectivity index (χ0) is 22.4. The van der Waals surface area contributed by atoms with Gasteiger partial charge in [-0.15, -0.1) is 0 Å². The Hall–Kier alpha value is -4.26. The molecule has 1 aliphatic rings. The molecule has 7 nitrogen and oxygen atoms in total. The first-order valence-corrected chi connectivity index (χ1v) is 9.93. The quantitative estimate of drug-likeness (QED) is 0.260. The molecule has 3 heterocycles. The SMILES string of the molecule is COc1ccc2c(c1)c(/C=C1/Oc3c(ccc(OC(=O)c4ccco4)c3C)C1=O)cn2C. The predicted octanol–water partition coefficient (Wildman–Crippen LogP) is 4.92. The normalized spacial score (nSPS) is 14.0. The maximum Gasteiger partial charge on any atom is 0.379 e. The van der Waals surface area contributed by atoms with Gasteiger partial charge in [0.25, 0.3) is 0 Å². The number of allylic oxidation sites excluding steroid dienone is 1. The molecule has 1 aliphatic heterocycles. The molecule has 0 amide bonds. The number of ether oxygens (including phenoxy) is 3. The first-order chi connectivity index (χ1) is 15.5. The first kappa shape index (κ1) is 19.7. The second kappa shape index (κ2) is 7.46. The van der Waals surface area contributed by atoms with Crippen molar-refractivity contribution < 1.29 is 28.2 Å². The van der Waals surface area contributed by atoms with Crippen molar-refractivity contribution in [3.8, 4) is 17.2 Å². The number of fused-ring (bicyclic) bond motifs is 2. The Bertz CT molecular complexity index is 1410. The van der Waals surface area contributed by atoms with E-state index in [-0.39, 0.29) is 17.3 Å². The molecule has 0 saturated carbocycles. The third-order valence-electron chi connectivity index (χ3n) is 5.48. The average Bonchev–Trinajstić information content (AvgIpc) is 3.51. The number of furan rings is 1. The monoisotopic (exact) mass is 429 g/mol. The Morgan fingerprint density at radius 3 is 2.75 bits per heavy atom. The summed E-state index contributed by atoms with van der Waals surface area (Å²) in [7, 11) is 3.55. The average molecular weight is 429 g/mol. The van der Waals surface area contributed by atoms with E-state index in [0.717, 1.165) is 22.2 Å². The highest BCUT2D eigenvalue weighted by molar-refractivity contribution is 6.15. The van der Waals surface area contributed by atoms with Gasteiger partial charge in [-0.1, -0.05) is 0 Å². The number of carbonyl (C=O) groups excluding carboxylic acids is 2. The molecule has 32 heavy (non-hydrogen) atoms. The van der Waals surface area contributed by atoms with Crippen molar-refractivity contribution in [1.29, 1.82) is 0 Å². The van der Waals surface area contributed by atoms with E-state index >= 15 is 0 Å². The van der Waals surface area contributed by atoms with Crippen LogP contribution in [0.25, 0.3) is 17.0 Å². The lowest BCUT2D eigenvalue weighted by molar-refractivity contribution is 0.0699. The van der Waals surface area contributed by atoms with Crippen molar-refractivity contribution in [2.24, 2.45) is 7.05 Å². The number of rotatable bonds is 4. The van der Waals surface area contributed by atoms with E-state index < -0.39 is 5.97 Å². The molecular formula is C25H19NO6. The van der Waals surface area contributed by atoms with Gasteiger partial charge in [-0.05, 0) is 55.5 Å². The van der Waals surface area contributed by atoms with Gasteiger partial charge in [0, 0.05) is 35.3 Å². The van der Waals surface area contributed by atoms with Gasteiger partial charge >= 0.3 is 5.97 Å². The number of hydrogen-bond donors (Lipinski definition) is 0. The van der Waals surface area contributed by atoms with Gasteiger partial charge in [0.2, 0.25) is 11.5 Å². The third kappa shape index (κ3) is 3.15. The number of esters is 1. The van der Waals surface area contributed by atoms with E-state index in [9.17, 15) is 9.59 Å². The van der Waals surface area contributed by atoms with E-state index in [1.54, 1.807) is 38.3 Å². The molecule has 160 valence electrons. The van der Waals surface area contributed by atoms with Crippen LogP contribution in [0.5, 0.6) is 17.2 Å². The maximum atomic E-state index is 13.0. The van der Waals surface area contributed by atoms with Crippen LogP contribution in [0.2, 0.25) is 0 Å². The molecule has 0 radical (unpaired) electrons. The number of hydrogen-bond acceptors (Lipinski definition) is 6. The van der Waals surface area contributed by atoms with E-state index in [1.807, 2.05) is 36.0 Å². The Morgan fingerprint density at radius 1 is 1.16 bits per heavy atom. The summed E-state index contributed by atoms with van der Waals surface area (Å²) >= 11 is 0. The number of Topliss-reactive ketones (excluding diaryl/α,β-unsaturated/α-hetero) is 1. The molecular weight excluding hydrogens is 410 g/mol. The highest BCUT2D eigenvalue weighted by atomic mass is 16.5. The molecule has 2 aromatic heterocycles. The van der Waals surface area contributed by atoms with E-state index in [0.29, 0.717) is 22.6 Å². The van der Waals surface area contributed by atoms with Gasteiger partial charge in [0.05, 0.1) is 18.9 Å². The number of ketones is 1. The molecule has 0 unspecified atom stereocenters. The lowest BCUT2D eigenvalue weighted by Crippen LogP contribution is -2.08. The minimum absolute atomic E-state index is 0.0915. The van der Waals surface area contributed by atoms with Crippen molar-refractivity contribution in [1.82, 2.24) is 4.57 Å². The van der Waals surface area contributed by atoms with Gasteiger partial charge < -0.3 is 23.2 Å². The largest absolute Gasteiger partial charge is 0.497 e. The molecule has 0 N–H and O–H groups in total. The number of methoxy groups -OCH3 is 1. The first-order valence-electron chi connectivity index (χ1n) is 9.93. The molecule has 2 aromatic carbocycles. The van der Waals surface area contributed by atoms with Gasteiger partial charge in [-0.25, -0.2) is 4.79 Å². The molecule has 7 heteroatoms. The number of nitrogens with zero attached hydrogens (tertiary/aromatic N) is 1. The number of benzene rings is 2. The smallest absolute Gasteiger partial charge is 0.379 e. The second-order valence-corrected chi connectivity index (χ2v) is 7.45. The summed E-state index contributed by atoms with van der Waals surface area (Å²) in [6, 6.07) is 12.1. The Balaban J connectivity index is 1.49. The van der Waals surface area contributed by atoms with E-state index in [1.165, 1.54) is 12.3 Å². The van der Waals surface area contributed by atoms with Crippen LogP contribution in [0, 0.1) is 6.92 Å². The van der Waals surface area contributed by atoms with Gasteiger partial charge in [-0.3, -0.25) is 4.79 Å². The van der Waals surface area contributed by atoms with Crippen molar-refractivity contribution in [2.75, 3.05) is 7.11 Å². The highest BCUT2D eigenvalue weighted by Gasteiger charge is 2.31. The standard InChI is InChI=1S/C25H19NO6/c1-14-20(32-25(28)21-5-4-10-30-21)9-7-17-23(27)22(31-24(14)17)11-15-13-26(2)19-8-6-16(29-3)12-18(15)19/h4-13H,1-3H3/b22-11+. The molecule has 0 saturated heterocycles. The fraction of sp³-hybridized carbons (Fsp3) is 0.120. The van der Waals surface area contributed by atoms with E-state index in [2.05, 4.69) is 0 Å². The second-order valence-electron chi connectivity index (χ2n) is 7.45. The zero-order valence-electron chi connectivity index (χ0n) is 17.7. The van der Waals surface area contributed by atoms with Crippen molar-refractivity contribution >= 4 is 28.7 Å². The van der Waals surface area contributed by atoms with Crippen molar-refractivity contribution in [3.63, 3.8) is 0 Å². The minimum atomic E-state index is -0.622. The van der Waals surface area contributed by atoms with Crippen LogP contribution in [-0.4, -0.2) is 23.4 Å². The summed E-state index contributed by atoms with van der Waals surface area (Å²) in [5.74, 6) is 0.846.